The molecule has 1 rings (SSSR count). The van der Waals surface area contributed by atoms with Crippen LogP contribution in [0.3, 0.4) is 0 Å². The fraction of sp³-hybridized carbons (Fsp3) is 0.750. The molecule has 2 heteroatoms. The van der Waals surface area contributed by atoms with Crippen molar-refractivity contribution < 1.29 is 9.84 Å². The van der Waals surface area contributed by atoms with Crippen LogP contribution in [0.5, 0.6) is 0 Å². The number of allylic oxidation sites excluding steroid dienone is 1. The topological polar surface area (TPSA) is 29.5 Å². The Morgan fingerprint density at radius 1 is 1.70 bits per heavy atom. The van der Waals surface area contributed by atoms with Crippen molar-refractivity contribution in [3.05, 3.63) is 12.2 Å². The van der Waals surface area contributed by atoms with Crippen LogP contribution in [0.15, 0.2) is 12.2 Å². The maximum Gasteiger partial charge on any atom is 0.0771 e. The molecule has 0 saturated heterocycles. The number of hydrogen-bond donors (Lipinski definition) is 1. The first-order chi connectivity index (χ1) is 4.84. The fourth-order valence-electron chi connectivity index (χ4n) is 1.27. The second-order valence-corrected chi connectivity index (χ2v) is 2.71. The van der Waals surface area contributed by atoms with Crippen molar-refractivity contribution in [2.24, 2.45) is 5.92 Å². The molecular weight excluding hydrogens is 128 g/mol. The minimum absolute atomic E-state index is 0.284. The number of ether oxygens (including phenoxy) is 1. The third kappa shape index (κ3) is 1.82. The standard InChI is InChI=1S/C8H14O2/c1-10-6-7-4-2-3-5-8(7)9/h3,5,7-9H,2,4,6H2,1H3/t7?,8-/m1/s1. The van der Waals surface area contributed by atoms with Crippen LogP contribution < -0.4 is 0 Å². The van der Waals surface area contributed by atoms with E-state index in [1.807, 2.05) is 12.2 Å². The Labute approximate surface area is 61.5 Å². The quantitative estimate of drug-likeness (QED) is 0.582. The summed E-state index contributed by atoms with van der Waals surface area (Å²) in [4.78, 5) is 0. The molecule has 1 aliphatic rings. The maximum absolute atomic E-state index is 9.33. The molecule has 0 aromatic rings. The second kappa shape index (κ2) is 3.74. The molecule has 10 heavy (non-hydrogen) atoms. The van der Waals surface area contributed by atoms with E-state index in [0.29, 0.717) is 12.5 Å². The molecule has 0 aromatic heterocycles. The van der Waals surface area contributed by atoms with Crippen LogP contribution in [0.2, 0.25) is 0 Å². The SMILES string of the molecule is COCC1CCC=C[C@H]1O. The zero-order valence-corrected chi connectivity index (χ0v) is 6.29. The summed E-state index contributed by atoms with van der Waals surface area (Å²) >= 11 is 0. The lowest BCUT2D eigenvalue weighted by molar-refractivity contribution is 0.0659. The molecule has 58 valence electrons. The Kier molecular flexibility index (Phi) is 2.90. The lowest BCUT2D eigenvalue weighted by atomic mass is 9.93. The van der Waals surface area contributed by atoms with Crippen molar-refractivity contribution in [1.82, 2.24) is 0 Å². The largest absolute Gasteiger partial charge is 0.389 e. The molecule has 0 saturated carbocycles. The molecule has 0 spiro atoms. The normalized spacial score (nSPS) is 32.6. The van der Waals surface area contributed by atoms with Crippen LogP contribution in [0.25, 0.3) is 0 Å². The van der Waals surface area contributed by atoms with Gasteiger partial charge >= 0.3 is 0 Å². The smallest absolute Gasteiger partial charge is 0.0771 e. The van der Waals surface area contributed by atoms with E-state index in [0.717, 1.165) is 12.8 Å². The van der Waals surface area contributed by atoms with Gasteiger partial charge in [0.1, 0.15) is 0 Å². The lowest BCUT2D eigenvalue weighted by Crippen LogP contribution is -2.24. The second-order valence-electron chi connectivity index (χ2n) is 2.71. The predicted octanol–water partition coefficient (Wildman–Crippen LogP) is 0.960. The van der Waals surface area contributed by atoms with Gasteiger partial charge in [-0.05, 0) is 12.8 Å². The molecule has 0 aliphatic heterocycles. The number of hydrogen-bond acceptors (Lipinski definition) is 2. The highest BCUT2D eigenvalue weighted by Gasteiger charge is 2.18. The van der Waals surface area contributed by atoms with E-state index in [1.165, 1.54) is 0 Å². The lowest BCUT2D eigenvalue weighted by Gasteiger charge is -2.22. The van der Waals surface area contributed by atoms with Gasteiger partial charge in [0.05, 0.1) is 12.7 Å². The Morgan fingerprint density at radius 3 is 3.10 bits per heavy atom. The molecule has 1 N–H and O–H groups in total. The van der Waals surface area contributed by atoms with Crippen LogP contribution in [-0.2, 0) is 4.74 Å². The van der Waals surface area contributed by atoms with E-state index in [9.17, 15) is 5.11 Å². The summed E-state index contributed by atoms with van der Waals surface area (Å²) in [6.07, 6.45) is 5.72. The first kappa shape index (κ1) is 7.76. The van der Waals surface area contributed by atoms with E-state index in [-0.39, 0.29) is 6.10 Å². The number of methoxy groups -OCH3 is 1. The Morgan fingerprint density at radius 2 is 2.50 bits per heavy atom. The summed E-state index contributed by atoms with van der Waals surface area (Å²) in [6, 6.07) is 0. The Hall–Kier alpha value is -0.340. The molecule has 0 radical (unpaired) electrons. The average molecular weight is 142 g/mol. The summed E-state index contributed by atoms with van der Waals surface area (Å²) in [5.74, 6) is 0.315. The summed E-state index contributed by atoms with van der Waals surface area (Å²) in [5, 5.41) is 9.33. The number of aliphatic hydroxyl groups is 1. The van der Waals surface area contributed by atoms with Gasteiger partial charge in [-0.15, -0.1) is 0 Å². The summed E-state index contributed by atoms with van der Waals surface area (Å²) in [5.41, 5.74) is 0. The van der Waals surface area contributed by atoms with Gasteiger partial charge < -0.3 is 9.84 Å². The van der Waals surface area contributed by atoms with Crippen LogP contribution >= 0.6 is 0 Å². The van der Waals surface area contributed by atoms with Gasteiger partial charge in [-0.3, -0.25) is 0 Å². The van der Waals surface area contributed by atoms with Crippen molar-refractivity contribution in [2.45, 2.75) is 18.9 Å². The van der Waals surface area contributed by atoms with Gasteiger partial charge in [-0.25, -0.2) is 0 Å². The highest BCUT2D eigenvalue weighted by Crippen LogP contribution is 2.18. The van der Waals surface area contributed by atoms with Gasteiger partial charge in [0.25, 0.3) is 0 Å². The minimum Gasteiger partial charge on any atom is -0.389 e. The predicted molar refractivity (Wildman–Crippen MR) is 39.7 cm³/mol. The first-order valence-electron chi connectivity index (χ1n) is 3.68. The van der Waals surface area contributed by atoms with Gasteiger partial charge in [0.15, 0.2) is 0 Å². The molecule has 0 fully saturated rings. The summed E-state index contributed by atoms with van der Waals surface area (Å²) in [6.45, 7) is 0.672. The molecular formula is C8H14O2. The molecule has 0 aromatic carbocycles. The summed E-state index contributed by atoms with van der Waals surface area (Å²) < 4.78 is 4.96. The molecule has 0 bridgehead atoms. The van der Waals surface area contributed by atoms with E-state index in [4.69, 9.17) is 4.74 Å². The highest BCUT2D eigenvalue weighted by molar-refractivity contribution is 4.97. The van der Waals surface area contributed by atoms with E-state index in [2.05, 4.69) is 0 Å². The molecule has 2 atom stereocenters. The first-order valence-corrected chi connectivity index (χ1v) is 3.68. The van der Waals surface area contributed by atoms with E-state index < -0.39 is 0 Å². The summed E-state index contributed by atoms with van der Waals surface area (Å²) in [7, 11) is 1.67. The van der Waals surface area contributed by atoms with Crippen molar-refractivity contribution in [3.8, 4) is 0 Å². The number of aliphatic hydroxyl groups excluding tert-OH is 1. The Bertz CT molecular complexity index is 120. The maximum atomic E-state index is 9.33. The van der Waals surface area contributed by atoms with E-state index in [1.54, 1.807) is 7.11 Å². The van der Waals surface area contributed by atoms with E-state index >= 15 is 0 Å². The van der Waals surface area contributed by atoms with Gasteiger partial charge in [-0.1, -0.05) is 12.2 Å². The van der Waals surface area contributed by atoms with Crippen molar-refractivity contribution in [3.63, 3.8) is 0 Å². The third-order valence-electron chi connectivity index (χ3n) is 1.90. The average Bonchev–Trinajstić information content (AvgIpc) is 1.94. The van der Waals surface area contributed by atoms with Gasteiger partial charge in [0.2, 0.25) is 0 Å². The van der Waals surface area contributed by atoms with Crippen molar-refractivity contribution in [2.75, 3.05) is 13.7 Å². The Balaban J connectivity index is 2.36. The van der Waals surface area contributed by atoms with Gasteiger partial charge in [0, 0.05) is 13.0 Å². The number of rotatable bonds is 2. The van der Waals surface area contributed by atoms with Crippen molar-refractivity contribution >= 4 is 0 Å². The van der Waals surface area contributed by atoms with Crippen LogP contribution in [0.4, 0.5) is 0 Å². The molecule has 2 nitrogen and oxygen atoms in total. The molecule has 1 unspecified atom stereocenters. The molecule has 0 amide bonds. The zero-order valence-electron chi connectivity index (χ0n) is 6.29. The highest BCUT2D eigenvalue weighted by atomic mass is 16.5. The molecule has 0 heterocycles. The van der Waals surface area contributed by atoms with Crippen LogP contribution in [0, 0.1) is 5.92 Å². The minimum atomic E-state index is -0.284. The zero-order chi connectivity index (χ0) is 7.40. The third-order valence-corrected chi connectivity index (χ3v) is 1.90. The van der Waals surface area contributed by atoms with Gasteiger partial charge in [-0.2, -0.15) is 0 Å². The fourth-order valence-corrected chi connectivity index (χ4v) is 1.27. The van der Waals surface area contributed by atoms with Crippen LogP contribution in [0.1, 0.15) is 12.8 Å². The van der Waals surface area contributed by atoms with Crippen LogP contribution in [-0.4, -0.2) is 24.9 Å². The van der Waals surface area contributed by atoms with Crippen molar-refractivity contribution in [1.29, 1.82) is 0 Å². The molecule has 1 aliphatic carbocycles. The monoisotopic (exact) mass is 142 g/mol.